The van der Waals surface area contributed by atoms with Gasteiger partial charge in [-0.25, -0.2) is 0 Å². The van der Waals surface area contributed by atoms with Crippen LogP contribution in [-0.2, 0) is 0 Å². The second-order valence-corrected chi connectivity index (χ2v) is 3.23. The lowest BCUT2D eigenvalue weighted by molar-refractivity contribution is 0.275. The molecule has 3 N–H and O–H groups in total. The Morgan fingerprint density at radius 3 is 2.50 bits per heavy atom. The number of ether oxygens (including phenoxy) is 2. The van der Waals surface area contributed by atoms with Crippen LogP contribution in [0.2, 0.25) is 0 Å². The van der Waals surface area contributed by atoms with Gasteiger partial charge in [-0.15, -0.1) is 12.4 Å². The maximum absolute atomic E-state index is 8.84. The maximum atomic E-state index is 8.84. The van der Waals surface area contributed by atoms with Crippen molar-refractivity contribution in [2.45, 2.75) is 12.5 Å². The first kappa shape index (κ1) is 15.0. The van der Waals surface area contributed by atoms with Crippen LogP contribution in [0.15, 0.2) is 18.2 Å². The number of methoxy groups -OCH3 is 2. The number of hydrogen-bond acceptors (Lipinski definition) is 4. The highest BCUT2D eigenvalue weighted by Crippen LogP contribution is 2.29. The Morgan fingerprint density at radius 2 is 2.00 bits per heavy atom. The van der Waals surface area contributed by atoms with Gasteiger partial charge in [0.25, 0.3) is 0 Å². The van der Waals surface area contributed by atoms with Crippen molar-refractivity contribution >= 4 is 12.4 Å². The summed E-state index contributed by atoms with van der Waals surface area (Å²) in [4.78, 5) is 0. The normalized spacial score (nSPS) is 11.5. The molecule has 16 heavy (non-hydrogen) atoms. The van der Waals surface area contributed by atoms with Gasteiger partial charge < -0.3 is 20.3 Å². The zero-order valence-corrected chi connectivity index (χ0v) is 10.3. The highest BCUT2D eigenvalue weighted by molar-refractivity contribution is 5.85. The minimum Gasteiger partial charge on any atom is -0.497 e. The molecule has 4 nitrogen and oxygen atoms in total. The zero-order chi connectivity index (χ0) is 11.3. The third-order valence-corrected chi connectivity index (χ3v) is 2.28. The molecule has 0 aliphatic heterocycles. The Bertz CT molecular complexity index is 320. The number of rotatable bonds is 5. The molecule has 0 heterocycles. The number of aliphatic hydroxyl groups is 1. The molecule has 0 saturated carbocycles. The van der Waals surface area contributed by atoms with Crippen molar-refractivity contribution in [3.63, 3.8) is 0 Å². The van der Waals surface area contributed by atoms with Gasteiger partial charge in [-0.3, -0.25) is 0 Å². The fraction of sp³-hybridized carbons (Fsp3) is 0.455. The predicted octanol–water partition coefficient (Wildman–Crippen LogP) is 1.51. The summed E-state index contributed by atoms with van der Waals surface area (Å²) in [5.74, 6) is 1.45. The minimum absolute atomic E-state index is 0. The van der Waals surface area contributed by atoms with Gasteiger partial charge in [0.2, 0.25) is 0 Å². The van der Waals surface area contributed by atoms with Gasteiger partial charge in [0, 0.05) is 18.2 Å². The summed E-state index contributed by atoms with van der Waals surface area (Å²) >= 11 is 0. The molecule has 1 rings (SSSR count). The second-order valence-electron chi connectivity index (χ2n) is 3.23. The Morgan fingerprint density at radius 1 is 1.31 bits per heavy atom. The number of aliphatic hydroxyl groups excluding tert-OH is 1. The molecule has 0 saturated heterocycles. The molecule has 5 heteroatoms. The topological polar surface area (TPSA) is 64.7 Å². The Labute approximate surface area is 102 Å². The van der Waals surface area contributed by atoms with Crippen LogP contribution >= 0.6 is 12.4 Å². The molecule has 0 bridgehead atoms. The Hall–Kier alpha value is -0.970. The van der Waals surface area contributed by atoms with E-state index in [1.54, 1.807) is 14.2 Å². The molecule has 0 radical (unpaired) electrons. The van der Waals surface area contributed by atoms with Gasteiger partial charge >= 0.3 is 0 Å². The molecule has 0 aromatic heterocycles. The van der Waals surface area contributed by atoms with E-state index in [9.17, 15) is 0 Å². The van der Waals surface area contributed by atoms with Crippen molar-refractivity contribution in [3.05, 3.63) is 23.8 Å². The number of nitrogens with two attached hydrogens (primary N) is 1. The average Bonchev–Trinajstić information content (AvgIpc) is 2.28. The molecular weight excluding hydrogens is 230 g/mol. The summed E-state index contributed by atoms with van der Waals surface area (Å²) in [7, 11) is 3.19. The van der Waals surface area contributed by atoms with Crippen molar-refractivity contribution in [2.75, 3.05) is 20.8 Å². The van der Waals surface area contributed by atoms with Crippen LogP contribution in [0.3, 0.4) is 0 Å². The molecule has 92 valence electrons. The predicted molar refractivity (Wildman–Crippen MR) is 65.4 cm³/mol. The van der Waals surface area contributed by atoms with E-state index in [1.165, 1.54) is 0 Å². The summed E-state index contributed by atoms with van der Waals surface area (Å²) in [6.07, 6.45) is 0.503. The minimum atomic E-state index is -0.236. The number of hydrogen-bond donors (Lipinski definition) is 2. The smallest absolute Gasteiger partial charge is 0.123 e. The SMILES string of the molecule is COc1ccc(OC)c([C@H](N)CCO)c1.Cl. The lowest BCUT2D eigenvalue weighted by Gasteiger charge is -2.15. The molecule has 0 aliphatic rings. The fourth-order valence-electron chi connectivity index (χ4n) is 1.42. The van der Waals surface area contributed by atoms with Crippen molar-refractivity contribution in [1.29, 1.82) is 0 Å². The van der Waals surface area contributed by atoms with E-state index in [0.29, 0.717) is 6.42 Å². The number of halogens is 1. The van der Waals surface area contributed by atoms with Crippen LogP contribution in [0.1, 0.15) is 18.0 Å². The van der Waals surface area contributed by atoms with E-state index < -0.39 is 0 Å². The standard InChI is InChI=1S/C11H17NO3.ClH/c1-14-8-3-4-11(15-2)9(7-8)10(12)5-6-13;/h3-4,7,10,13H,5-6,12H2,1-2H3;1H/t10-;/m1./s1. The Balaban J connectivity index is 0.00000225. The van der Waals surface area contributed by atoms with Crippen LogP contribution in [0, 0.1) is 0 Å². The first-order chi connectivity index (χ1) is 7.22. The van der Waals surface area contributed by atoms with Crippen molar-refractivity contribution in [2.24, 2.45) is 5.73 Å². The van der Waals surface area contributed by atoms with E-state index in [0.717, 1.165) is 17.1 Å². The molecule has 1 aromatic rings. The zero-order valence-electron chi connectivity index (χ0n) is 9.47. The van der Waals surface area contributed by atoms with Crippen LogP contribution in [-0.4, -0.2) is 25.9 Å². The first-order valence-corrected chi connectivity index (χ1v) is 4.81. The molecule has 1 atom stereocenters. The van der Waals surface area contributed by atoms with E-state index in [-0.39, 0.29) is 25.1 Å². The van der Waals surface area contributed by atoms with E-state index >= 15 is 0 Å². The molecule has 0 unspecified atom stereocenters. The highest BCUT2D eigenvalue weighted by atomic mass is 35.5. The molecule has 1 aromatic carbocycles. The lowest BCUT2D eigenvalue weighted by atomic mass is 10.0. The molecule has 0 spiro atoms. The van der Waals surface area contributed by atoms with E-state index in [4.69, 9.17) is 20.3 Å². The summed E-state index contributed by atoms with van der Waals surface area (Å²) in [6, 6.07) is 5.22. The quantitative estimate of drug-likeness (QED) is 0.828. The lowest BCUT2D eigenvalue weighted by Crippen LogP contribution is -2.13. The van der Waals surface area contributed by atoms with Crippen molar-refractivity contribution in [3.8, 4) is 11.5 Å². The van der Waals surface area contributed by atoms with Crippen LogP contribution < -0.4 is 15.2 Å². The van der Waals surface area contributed by atoms with Gasteiger partial charge in [-0.05, 0) is 24.6 Å². The average molecular weight is 248 g/mol. The van der Waals surface area contributed by atoms with Gasteiger partial charge in [-0.1, -0.05) is 0 Å². The van der Waals surface area contributed by atoms with Gasteiger partial charge in [0.1, 0.15) is 11.5 Å². The van der Waals surface area contributed by atoms with Gasteiger partial charge in [0.15, 0.2) is 0 Å². The monoisotopic (exact) mass is 247 g/mol. The van der Waals surface area contributed by atoms with Crippen LogP contribution in [0.4, 0.5) is 0 Å². The van der Waals surface area contributed by atoms with Crippen molar-refractivity contribution in [1.82, 2.24) is 0 Å². The third kappa shape index (κ3) is 3.56. The van der Waals surface area contributed by atoms with Crippen LogP contribution in [0.25, 0.3) is 0 Å². The van der Waals surface area contributed by atoms with Crippen molar-refractivity contribution < 1.29 is 14.6 Å². The van der Waals surface area contributed by atoms with Crippen LogP contribution in [0.5, 0.6) is 11.5 Å². The summed E-state index contributed by atoms with van der Waals surface area (Å²) in [5.41, 5.74) is 6.76. The number of benzene rings is 1. The molecule has 0 fully saturated rings. The molecule has 0 aliphatic carbocycles. The van der Waals surface area contributed by atoms with Gasteiger partial charge in [-0.2, -0.15) is 0 Å². The molecular formula is C11H18ClNO3. The summed E-state index contributed by atoms with van der Waals surface area (Å²) in [6.45, 7) is 0.0571. The fourth-order valence-corrected chi connectivity index (χ4v) is 1.42. The second kappa shape index (κ2) is 7.33. The first-order valence-electron chi connectivity index (χ1n) is 4.81. The largest absolute Gasteiger partial charge is 0.497 e. The molecule has 0 amide bonds. The third-order valence-electron chi connectivity index (χ3n) is 2.28. The summed E-state index contributed by atoms with van der Waals surface area (Å²) < 4.78 is 10.3. The maximum Gasteiger partial charge on any atom is 0.123 e. The van der Waals surface area contributed by atoms with E-state index in [2.05, 4.69) is 0 Å². The summed E-state index contributed by atoms with van der Waals surface area (Å²) in [5, 5.41) is 8.84. The van der Waals surface area contributed by atoms with Gasteiger partial charge in [0.05, 0.1) is 14.2 Å². The van der Waals surface area contributed by atoms with E-state index in [1.807, 2.05) is 18.2 Å². The highest BCUT2D eigenvalue weighted by Gasteiger charge is 2.12. The Kier molecular flexibility index (Phi) is 6.88.